The summed E-state index contributed by atoms with van der Waals surface area (Å²) in [6.45, 7) is 9.83. The van der Waals surface area contributed by atoms with Gasteiger partial charge in [-0.15, -0.1) is 0 Å². The Balaban J connectivity index is 2.64. The molecule has 0 bridgehead atoms. The molecular formula is C13H19NO2. The minimum absolute atomic E-state index is 0.164. The van der Waals surface area contributed by atoms with E-state index in [2.05, 4.69) is 20.4 Å². The Morgan fingerprint density at radius 2 is 2.25 bits per heavy atom. The van der Waals surface area contributed by atoms with Crippen LogP contribution < -0.4 is 0 Å². The van der Waals surface area contributed by atoms with Crippen LogP contribution in [-0.4, -0.2) is 12.1 Å². The summed E-state index contributed by atoms with van der Waals surface area (Å²) in [5, 5.41) is 8.85. The molecule has 1 saturated carbocycles. The summed E-state index contributed by atoms with van der Waals surface area (Å²) >= 11 is 0. The summed E-state index contributed by atoms with van der Waals surface area (Å²) in [6.07, 6.45) is 1.73. The van der Waals surface area contributed by atoms with Crippen molar-refractivity contribution in [3.63, 3.8) is 0 Å². The third-order valence-electron chi connectivity index (χ3n) is 3.15. The van der Waals surface area contributed by atoms with Crippen molar-refractivity contribution >= 4 is 5.97 Å². The van der Waals surface area contributed by atoms with Crippen molar-refractivity contribution in [3.8, 4) is 6.07 Å². The number of nitriles is 1. The highest BCUT2D eigenvalue weighted by molar-refractivity contribution is 5.70. The van der Waals surface area contributed by atoms with E-state index in [1.807, 2.05) is 13.0 Å². The van der Waals surface area contributed by atoms with Gasteiger partial charge in [0.2, 0.25) is 0 Å². The van der Waals surface area contributed by atoms with Crippen LogP contribution >= 0.6 is 0 Å². The molecule has 0 aliphatic heterocycles. The minimum Gasteiger partial charge on any atom is -0.456 e. The molecule has 3 heteroatoms. The van der Waals surface area contributed by atoms with Gasteiger partial charge < -0.3 is 4.74 Å². The number of nitrogens with zero attached hydrogens (tertiary/aromatic N) is 1. The molecule has 2 unspecified atom stereocenters. The highest BCUT2D eigenvalue weighted by atomic mass is 16.5. The first kappa shape index (κ1) is 12.8. The Labute approximate surface area is 97.1 Å². The van der Waals surface area contributed by atoms with Crippen LogP contribution in [0.2, 0.25) is 0 Å². The average molecular weight is 221 g/mol. The number of ether oxygens (including phenoxy) is 1. The molecule has 0 saturated heterocycles. The Bertz CT molecular complexity index is 338. The van der Waals surface area contributed by atoms with Crippen molar-refractivity contribution < 1.29 is 9.53 Å². The van der Waals surface area contributed by atoms with Crippen molar-refractivity contribution in [2.24, 2.45) is 11.3 Å². The lowest BCUT2D eigenvalue weighted by Crippen LogP contribution is -2.23. The van der Waals surface area contributed by atoms with Gasteiger partial charge in [0.05, 0.1) is 11.6 Å². The van der Waals surface area contributed by atoms with E-state index in [9.17, 15) is 4.79 Å². The Kier molecular flexibility index (Phi) is 3.74. The number of esters is 1. The van der Waals surface area contributed by atoms with E-state index in [1.54, 1.807) is 0 Å². The first-order valence-electron chi connectivity index (χ1n) is 5.70. The van der Waals surface area contributed by atoms with Gasteiger partial charge in [-0.1, -0.05) is 27.4 Å². The van der Waals surface area contributed by atoms with Crippen molar-refractivity contribution in [2.45, 2.75) is 46.1 Å². The Hall–Kier alpha value is -1.30. The van der Waals surface area contributed by atoms with Crippen LogP contribution in [0.25, 0.3) is 0 Å². The molecule has 1 fully saturated rings. The maximum atomic E-state index is 11.4. The molecule has 3 nitrogen and oxygen atoms in total. The van der Waals surface area contributed by atoms with Crippen LogP contribution in [0.5, 0.6) is 0 Å². The molecule has 0 amide bonds. The predicted molar refractivity (Wildman–Crippen MR) is 61.4 cm³/mol. The largest absolute Gasteiger partial charge is 0.456 e. The fourth-order valence-corrected chi connectivity index (χ4v) is 1.89. The van der Waals surface area contributed by atoms with Gasteiger partial charge in [-0.2, -0.15) is 5.26 Å². The molecule has 0 aromatic rings. The molecular weight excluding hydrogens is 202 g/mol. The fourth-order valence-electron chi connectivity index (χ4n) is 1.89. The van der Waals surface area contributed by atoms with Gasteiger partial charge in [-0.25, -0.2) is 0 Å². The summed E-state index contributed by atoms with van der Waals surface area (Å²) < 4.78 is 5.34. The van der Waals surface area contributed by atoms with Crippen LogP contribution in [-0.2, 0) is 9.53 Å². The van der Waals surface area contributed by atoms with Gasteiger partial charge >= 0.3 is 5.97 Å². The summed E-state index contributed by atoms with van der Waals surface area (Å²) in [5.74, 6) is 0.0204. The lowest BCUT2D eigenvalue weighted by Gasteiger charge is -2.18. The van der Waals surface area contributed by atoms with Gasteiger partial charge in [0, 0.05) is 12.3 Å². The molecule has 1 aliphatic carbocycles. The van der Waals surface area contributed by atoms with Gasteiger partial charge in [0.25, 0.3) is 0 Å². The molecule has 1 aliphatic rings. The van der Waals surface area contributed by atoms with Gasteiger partial charge in [-0.05, 0) is 18.3 Å². The average Bonchev–Trinajstić information content (AvgIpc) is 2.83. The highest BCUT2D eigenvalue weighted by Gasteiger charge is 2.52. The Morgan fingerprint density at radius 3 is 2.62 bits per heavy atom. The summed E-state index contributed by atoms with van der Waals surface area (Å²) in [5.41, 5.74) is 0.525. The quantitative estimate of drug-likeness (QED) is 0.530. The number of hydrogen-bond donors (Lipinski definition) is 0. The number of rotatable bonds is 5. The summed E-state index contributed by atoms with van der Waals surface area (Å²) in [7, 11) is 0. The van der Waals surface area contributed by atoms with Crippen LogP contribution in [0.4, 0.5) is 0 Å². The maximum Gasteiger partial charge on any atom is 0.306 e. The fraction of sp³-hybridized carbons (Fsp3) is 0.692. The summed E-state index contributed by atoms with van der Waals surface area (Å²) in [6, 6.07) is 2.00. The van der Waals surface area contributed by atoms with Gasteiger partial charge in [0.1, 0.15) is 6.10 Å². The Morgan fingerprint density at radius 1 is 1.69 bits per heavy atom. The van der Waals surface area contributed by atoms with Crippen LogP contribution in [0.15, 0.2) is 12.2 Å². The lowest BCUT2D eigenvalue weighted by molar-refractivity contribution is -0.148. The second-order valence-corrected chi connectivity index (χ2v) is 5.10. The molecule has 0 N–H and O–H groups in total. The van der Waals surface area contributed by atoms with E-state index >= 15 is 0 Å². The zero-order valence-electron chi connectivity index (χ0n) is 10.2. The van der Waals surface area contributed by atoms with Gasteiger partial charge in [0.15, 0.2) is 0 Å². The first-order chi connectivity index (χ1) is 7.42. The molecule has 0 radical (unpaired) electrons. The van der Waals surface area contributed by atoms with E-state index < -0.39 is 6.10 Å². The highest BCUT2D eigenvalue weighted by Crippen LogP contribution is 2.55. The number of hydrogen-bond acceptors (Lipinski definition) is 3. The van der Waals surface area contributed by atoms with E-state index in [1.165, 1.54) is 0 Å². The lowest BCUT2D eigenvalue weighted by atomic mass is 10.0. The van der Waals surface area contributed by atoms with Gasteiger partial charge in [-0.3, -0.25) is 4.79 Å². The number of carbonyl (C=O) groups is 1. The van der Waals surface area contributed by atoms with Crippen molar-refractivity contribution in [1.82, 2.24) is 0 Å². The first-order valence-corrected chi connectivity index (χ1v) is 5.70. The maximum absolute atomic E-state index is 11.4. The second kappa shape index (κ2) is 4.69. The smallest absolute Gasteiger partial charge is 0.306 e. The SMILES string of the molecule is C=C(C#N)C(OC(=O)CCC)C1CC1(C)C. The van der Waals surface area contributed by atoms with E-state index in [-0.39, 0.29) is 17.3 Å². The molecule has 0 aromatic carbocycles. The normalized spacial score (nSPS) is 23.0. The molecule has 1 rings (SSSR count). The number of carbonyl (C=O) groups excluding carboxylic acids is 1. The van der Waals surface area contributed by atoms with Crippen molar-refractivity contribution in [2.75, 3.05) is 0 Å². The monoisotopic (exact) mass is 221 g/mol. The van der Waals surface area contributed by atoms with Crippen molar-refractivity contribution in [1.29, 1.82) is 5.26 Å². The second-order valence-electron chi connectivity index (χ2n) is 5.10. The van der Waals surface area contributed by atoms with Crippen LogP contribution in [0.3, 0.4) is 0 Å². The topological polar surface area (TPSA) is 50.1 Å². The van der Waals surface area contributed by atoms with Crippen molar-refractivity contribution in [3.05, 3.63) is 12.2 Å². The van der Waals surface area contributed by atoms with E-state index in [4.69, 9.17) is 10.00 Å². The molecule has 2 atom stereocenters. The standard InChI is InChI=1S/C13H19NO2/c1-5-6-11(15)16-12(9(2)8-14)10-7-13(10,3)4/h10,12H,2,5-7H2,1,3-4H3. The minimum atomic E-state index is -0.418. The predicted octanol–water partition coefficient (Wildman–Crippen LogP) is 2.82. The zero-order valence-corrected chi connectivity index (χ0v) is 10.2. The molecule has 0 spiro atoms. The van der Waals surface area contributed by atoms with Crippen LogP contribution in [0, 0.1) is 22.7 Å². The molecule has 0 heterocycles. The van der Waals surface area contributed by atoms with E-state index in [0.717, 1.165) is 12.8 Å². The zero-order chi connectivity index (χ0) is 12.3. The molecule has 0 aromatic heterocycles. The van der Waals surface area contributed by atoms with E-state index in [0.29, 0.717) is 12.0 Å². The third-order valence-corrected chi connectivity index (χ3v) is 3.15. The summed E-state index contributed by atoms with van der Waals surface area (Å²) in [4.78, 5) is 11.4. The van der Waals surface area contributed by atoms with Crippen LogP contribution in [0.1, 0.15) is 40.0 Å². The third kappa shape index (κ3) is 2.85. The molecule has 88 valence electrons. The molecule has 16 heavy (non-hydrogen) atoms.